The third-order valence-corrected chi connectivity index (χ3v) is 4.19. The highest BCUT2D eigenvalue weighted by atomic mass is 35.7. The predicted octanol–water partition coefficient (Wildman–Crippen LogP) is 4.64. The van der Waals surface area contributed by atoms with Gasteiger partial charge in [0.05, 0.1) is 16.7 Å². The van der Waals surface area contributed by atoms with Crippen molar-refractivity contribution in [1.29, 1.82) is 0 Å². The zero-order chi connectivity index (χ0) is 15.6. The van der Waals surface area contributed by atoms with Crippen molar-refractivity contribution >= 4 is 42.9 Å². The van der Waals surface area contributed by atoms with E-state index in [-0.39, 0.29) is 28.8 Å². The maximum atomic E-state index is 11.9. The summed E-state index contributed by atoms with van der Waals surface area (Å²) in [4.78, 5) is -0.395. The molecule has 0 aliphatic carbocycles. The first-order chi connectivity index (χ1) is 9.00. The van der Waals surface area contributed by atoms with Crippen LogP contribution in [0.4, 0.5) is 13.2 Å². The standard InChI is InChI=1S/C10H8Cl3F3O3S/c11-6-5-9(20(13,17)18)7(12)4-8(6)19-3-1-2-10(14,15)16/h4-5H,1-3H2. The van der Waals surface area contributed by atoms with E-state index in [1.807, 2.05) is 0 Å². The lowest BCUT2D eigenvalue weighted by Crippen LogP contribution is -2.10. The van der Waals surface area contributed by atoms with E-state index in [2.05, 4.69) is 0 Å². The SMILES string of the molecule is O=S(=O)(Cl)c1cc(Cl)c(OCCCC(F)(F)F)cc1Cl. The number of hydrogen-bond donors (Lipinski definition) is 0. The summed E-state index contributed by atoms with van der Waals surface area (Å²) in [6.45, 7) is -0.234. The largest absolute Gasteiger partial charge is 0.492 e. The number of benzene rings is 1. The molecule has 0 radical (unpaired) electrons. The van der Waals surface area contributed by atoms with Crippen LogP contribution in [0.3, 0.4) is 0 Å². The summed E-state index contributed by atoms with van der Waals surface area (Å²) in [5.74, 6) is -0.0112. The van der Waals surface area contributed by atoms with Crippen molar-refractivity contribution in [2.75, 3.05) is 6.61 Å². The van der Waals surface area contributed by atoms with E-state index in [0.717, 1.165) is 12.1 Å². The van der Waals surface area contributed by atoms with E-state index in [9.17, 15) is 21.6 Å². The Balaban J connectivity index is 2.76. The van der Waals surface area contributed by atoms with E-state index < -0.39 is 26.5 Å². The molecule has 0 fully saturated rings. The Bertz CT molecular complexity index is 587. The highest BCUT2D eigenvalue weighted by Crippen LogP contribution is 2.35. The van der Waals surface area contributed by atoms with Crippen molar-refractivity contribution in [3.8, 4) is 5.75 Å². The van der Waals surface area contributed by atoms with Crippen LogP contribution in [0, 0.1) is 0 Å². The van der Waals surface area contributed by atoms with Gasteiger partial charge in [-0.05, 0) is 12.5 Å². The molecule has 0 aliphatic rings. The van der Waals surface area contributed by atoms with Crippen LogP contribution in [-0.2, 0) is 9.05 Å². The Morgan fingerprint density at radius 1 is 1.15 bits per heavy atom. The fraction of sp³-hybridized carbons (Fsp3) is 0.400. The zero-order valence-electron chi connectivity index (χ0n) is 9.68. The van der Waals surface area contributed by atoms with Gasteiger partial charge in [-0.2, -0.15) is 13.2 Å². The lowest BCUT2D eigenvalue weighted by atomic mass is 10.3. The molecule has 1 rings (SSSR count). The summed E-state index contributed by atoms with van der Waals surface area (Å²) in [6.07, 6.45) is -5.51. The molecular weight excluding hydrogens is 364 g/mol. The van der Waals surface area contributed by atoms with Crippen LogP contribution in [0.5, 0.6) is 5.75 Å². The molecule has 0 amide bonds. The number of rotatable bonds is 5. The molecule has 0 spiro atoms. The zero-order valence-corrected chi connectivity index (χ0v) is 12.8. The van der Waals surface area contributed by atoms with E-state index in [4.69, 9.17) is 38.6 Å². The van der Waals surface area contributed by atoms with Crippen molar-refractivity contribution < 1.29 is 26.3 Å². The molecule has 1 aromatic rings. The molecule has 114 valence electrons. The van der Waals surface area contributed by atoms with Crippen LogP contribution in [0.15, 0.2) is 17.0 Å². The van der Waals surface area contributed by atoms with Crippen LogP contribution >= 0.6 is 33.9 Å². The van der Waals surface area contributed by atoms with Gasteiger partial charge < -0.3 is 4.74 Å². The van der Waals surface area contributed by atoms with Crippen molar-refractivity contribution in [3.63, 3.8) is 0 Å². The number of hydrogen-bond acceptors (Lipinski definition) is 3. The summed E-state index contributed by atoms with van der Waals surface area (Å²) in [5.41, 5.74) is 0. The first kappa shape index (κ1) is 17.7. The van der Waals surface area contributed by atoms with Gasteiger partial charge in [0.2, 0.25) is 0 Å². The minimum Gasteiger partial charge on any atom is -0.492 e. The average molecular weight is 372 g/mol. The summed E-state index contributed by atoms with van der Waals surface area (Å²) >= 11 is 11.4. The van der Waals surface area contributed by atoms with E-state index in [0.29, 0.717) is 0 Å². The van der Waals surface area contributed by atoms with Crippen molar-refractivity contribution in [3.05, 3.63) is 22.2 Å². The second kappa shape index (κ2) is 6.60. The molecule has 0 saturated heterocycles. The second-order valence-electron chi connectivity index (χ2n) is 3.72. The monoisotopic (exact) mass is 370 g/mol. The minimum absolute atomic E-state index is 0.0112. The average Bonchev–Trinajstić information content (AvgIpc) is 2.25. The van der Waals surface area contributed by atoms with Crippen LogP contribution < -0.4 is 4.74 Å². The van der Waals surface area contributed by atoms with Gasteiger partial charge in [0.15, 0.2) is 0 Å². The molecule has 3 nitrogen and oxygen atoms in total. The number of halogens is 6. The molecule has 20 heavy (non-hydrogen) atoms. The third kappa shape index (κ3) is 5.55. The first-order valence-electron chi connectivity index (χ1n) is 5.14. The third-order valence-electron chi connectivity index (χ3n) is 2.11. The van der Waals surface area contributed by atoms with Gasteiger partial charge in [-0.3, -0.25) is 0 Å². The molecule has 0 aliphatic heterocycles. The van der Waals surface area contributed by atoms with E-state index >= 15 is 0 Å². The van der Waals surface area contributed by atoms with Gasteiger partial charge in [0.1, 0.15) is 10.6 Å². The molecule has 0 aromatic heterocycles. The molecular formula is C10H8Cl3F3O3S. The fourth-order valence-electron chi connectivity index (χ4n) is 1.26. The highest BCUT2D eigenvalue weighted by molar-refractivity contribution is 8.13. The Hall–Kier alpha value is -0.370. The van der Waals surface area contributed by atoms with Crippen LogP contribution in [0.1, 0.15) is 12.8 Å². The minimum atomic E-state index is -4.26. The highest BCUT2D eigenvalue weighted by Gasteiger charge is 2.26. The van der Waals surface area contributed by atoms with Crippen molar-refractivity contribution in [1.82, 2.24) is 0 Å². The lowest BCUT2D eigenvalue weighted by molar-refractivity contribution is -0.136. The molecule has 10 heteroatoms. The Morgan fingerprint density at radius 3 is 2.25 bits per heavy atom. The molecule has 0 atom stereocenters. The van der Waals surface area contributed by atoms with Gasteiger partial charge in [-0.15, -0.1) is 0 Å². The van der Waals surface area contributed by atoms with Crippen LogP contribution in [0.2, 0.25) is 10.0 Å². The van der Waals surface area contributed by atoms with Gasteiger partial charge in [0.25, 0.3) is 9.05 Å². The molecule has 0 N–H and O–H groups in total. The molecule has 0 bridgehead atoms. The van der Waals surface area contributed by atoms with E-state index in [1.165, 1.54) is 0 Å². The maximum absolute atomic E-state index is 11.9. The molecule has 0 heterocycles. The summed E-state index contributed by atoms with van der Waals surface area (Å²) in [7, 11) is 1.06. The molecule has 0 saturated carbocycles. The van der Waals surface area contributed by atoms with Gasteiger partial charge in [-0.25, -0.2) is 8.42 Å². The number of ether oxygens (including phenoxy) is 1. The molecule has 1 aromatic carbocycles. The van der Waals surface area contributed by atoms with E-state index in [1.54, 1.807) is 0 Å². The van der Waals surface area contributed by atoms with Crippen LogP contribution in [-0.4, -0.2) is 21.2 Å². The van der Waals surface area contributed by atoms with Crippen molar-refractivity contribution in [2.45, 2.75) is 23.9 Å². The Kier molecular flexibility index (Phi) is 5.83. The van der Waals surface area contributed by atoms with Gasteiger partial charge >= 0.3 is 6.18 Å². The normalized spacial score (nSPS) is 12.5. The quantitative estimate of drug-likeness (QED) is 0.559. The van der Waals surface area contributed by atoms with Crippen molar-refractivity contribution in [2.24, 2.45) is 0 Å². The second-order valence-corrected chi connectivity index (χ2v) is 7.07. The predicted molar refractivity (Wildman–Crippen MR) is 70.3 cm³/mol. The topological polar surface area (TPSA) is 43.4 Å². The number of alkyl halides is 3. The first-order valence-corrected chi connectivity index (χ1v) is 8.20. The van der Waals surface area contributed by atoms with Gasteiger partial charge in [-0.1, -0.05) is 23.2 Å². The summed E-state index contributed by atoms with van der Waals surface area (Å²) in [6, 6.07) is 2.07. The van der Waals surface area contributed by atoms with Gasteiger partial charge in [0, 0.05) is 23.2 Å². The summed E-state index contributed by atoms with van der Waals surface area (Å²) in [5, 5.41) is -0.337. The lowest BCUT2D eigenvalue weighted by Gasteiger charge is -2.11. The Labute approximate surface area is 128 Å². The maximum Gasteiger partial charge on any atom is 0.389 e. The summed E-state index contributed by atoms with van der Waals surface area (Å²) < 4.78 is 63.1. The fourth-order valence-corrected chi connectivity index (χ4v) is 3.06. The Morgan fingerprint density at radius 2 is 1.75 bits per heavy atom. The smallest absolute Gasteiger partial charge is 0.389 e. The molecule has 0 unspecified atom stereocenters. The van der Waals surface area contributed by atoms with Crippen LogP contribution in [0.25, 0.3) is 0 Å².